The number of carbonyl (C=O) groups is 1. The Hall–Kier alpha value is -2.86. The molecule has 1 aliphatic heterocycles. The lowest BCUT2D eigenvalue weighted by Gasteiger charge is -2.26. The van der Waals surface area contributed by atoms with Crippen LogP contribution in [-0.4, -0.2) is 24.7 Å². The highest BCUT2D eigenvalue weighted by molar-refractivity contribution is 7.99. The second-order valence-corrected chi connectivity index (χ2v) is 8.30. The number of pyridine rings is 1. The van der Waals surface area contributed by atoms with Gasteiger partial charge in [0.15, 0.2) is 0 Å². The van der Waals surface area contributed by atoms with Crippen LogP contribution >= 0.6 is 11.8 Å². The molecule has 1 unspecified atom stereocenters. The maximum Gasteiger partial charge on any atom is 0.338 e. The summed E-state index contributed by atoms with van der Waals surface area (Å²) in [5.74, 6) is 0.648. The van der Waals surface area contributed by atoms with Crippen molar-refractivity contribution in [1.29, 1.82) is 0 Å². The normalized spacial score (nSPS) is 15.2. The average molecular weight is 424 g/mol. The fourth-order valence-corrected chi connectivity index (χ4v) is 4.63. The third kappa shape index (κ3) is 4.65. The van der Waals surface area contributed by atoms with Crippen LogP contribution in [0, 0.1) is 5.82 Å². The van der Waals surface area contributed by atoms with E-state index in [0.29, 0.717) is 18.1 Å². The predicted octanol–water partition coefficient (Wildman–Crippen LogP) is 5.66. The van der Waals surface area contributed by atoms with Gasteiger partial charge in [0.05, 0.1) is 19.3 Å². The van der Waals surface area contributed by atoms with Gasteiger partial charge in [-0.25, -0.2) is 9.18 Å². The Morgan fingerprint density at radius 1 is 1.23 bits per heavy atom. The van der Waals surface area contributed by atoms with Crippen molar-refractivity contribution in [2.45, 2.75) is 35.0 Å². The van der Waals surface area contributed by atoms with Crippen molar-refractivity contribution in [2.24, 2.45) is 0 Å². The highest BCUT2D eigenvalue weighted by atomic mass is 32.2. The molecule has 0 bridgehead atoms. The number of aromatic nitrogens is 1. The van der Waals surface area contributed by atoms with Crippen LogP contribution in [0.15, 0.2) is 70.7 Å². The number of nitrogens with zero attached hydrogens (tertiary/aromatic N) is 1. The van der Waals surface area contributed by atoms with Crippen LogP contribution in [0.4, 0.5) is 4.39 Å². The second-order valence-electron chi connectivity index (χ2n) is 7.16. The molecule has 0 amide bonds. The first kappa shape index (κ1) is 20.4. The molecular formula is C24H22FNO3S. The molecule has 0 N–H and O–H groups in total. The summed E-state index contributed by atoms with van der Waals surface area (Å²) < 4.78 is 24.2. The van der Waals surface area contributed by atoms with Crippen molar-refractivity contribution in [2.75, 3.05) is 13.7 Å². The van der Waals surface area contributed by atoms with Crippen LogP contribution in [0.2, 0.25) is 0 Å². The van der Waals surface area contributed by atoms with Gasteiger partial charge < -0.3 is 9.47 Å². The van der Waals surface area contributed by atoms with Crippen molar-refractivity contribution in [3.05, 3.63) is 83.4 Å². The first-order chi connectivity index (χ1) is 14.6. The number of hydrogen-bond donors (Lipinski definition) is 0. The average Bonchev–Trinajstić information content (AvgIpc) is 2.77. The topological polar surface area (TPSA) is 48.4 Å². The second kappa shape index (κ2) is 9.30. The highest BCUT2D eigenvalue weighted by Crippen LogP contribution is 2.40. The molecule has 1 aromatic heterocycles. The first-order valence-corrected chi connectivity index (χ1v) is 10.7. The lowest BCUT2D eigenvalue weighted by molar-refractivity contribution is 0.0599. The minimum absolute atomic E-state index is 0.240. The van der Waals surface area contributed by atoms with Gasteiger partial charge in [-0.3, -0.25) is 4.98 Å². The third-order valence-corrected chi connectivity index (χ3v) is 6.23. The number of aryl methyl sites for hydroxylation is 1. The summed E-state index contributed by atoms with van der Waals surface area (Å²) in [4.78, 5) is 18.0. The molecule has 0 aliphatic carbocycles. The number of methoxy groups -OCH3 is 1. The standard InChI is InChI=1S/C24H22FNO3S/c1-28-24(27)22-9-11-26-15-17(22)6-5-16-10-12-29-23-14-20(7-8-21(16)23)30-19-4-2-3-18(25)13-19/h2-4,7-9,11,13-16H,5-6,10,12H2,1H3. The maximum atomic E-state index is 13.4. The molecule has 0 saturated carbocycles. The lowest BCUT2D eigenvalue weighted by atomic mass is 9.87. The highest BCUT2D eigenvalue weighted by Gasteiger charge is 2.23. The van der Waals surface area contributed by atoms with E-state index in [0.717, 1.165) is 40.4 Å². The molecule has 1 aliphatic rings. The van der Waals surface area contributed by atoms with Crippen molar-refractivity contribution in [3.8, 4) is 5.75 Å². The van der Waals surface area contributed by atoms with Crippen molar-refractivity contribution >= 4 is 17.7 Å². The van der Waals surface area contributed by atoms with Crippen LogP contribution in [0.1, 0.15) is 40.2 Å². The zero-order valence-corrected chi connectivity index (χ0v) is 17.5. The fourth-order valence-electron chi connectivity index (χ4n) is 3.74. The number of hydrogen-bond acceptors (Lipinski definition) is 5. The van der Waals surface area contributed by atoms with E-state index in [-0.39, 0.29) is 11.8 Å². The largest absolute Gasteiger partial charge is 0.493 e. The van der Waals surface area contributed by atoms with Crippen molar-refractivity contribution in [1.82, 2.24) is 4.98 Å². The predicted molar refractivity (Wildman–Crippen MR) is 114 cm³/mol. The molecule has 2 aromatic carbocycles. The van der Waals surface area contributed by atoms with Crippen LogP contribution in [0.3, 0.4) is 0 Å². The Labute approximate surface area is 179 Å². The summed E-state index contributed by atoms with van der Waals surface area (Å²) in [5.41, 5.74) is 2.64. The molecule has 2 heterocycles. The zero-order chi connectivity index (χ0) is 20.9. The molecule has 0 saturated heterocycles. The SMILES string of the molecule is COC(=O)c1ccncc1CCC1CCOc2cc(Sc3cccc(F)c3)ccc21. The lowest BCUT2D eigenvalue weighted by Crippen LogP contribution is -2.15. The monoisotopic (exact) mass is 423 g/mol. The minimum atomic E-state index is -0.334. The number of ether oxygens (including phenoxy) is 2. The molecule has 3 aromatic rings. The van der Waals surface area contributed by atoms with Crippen LogP contribution in [-0.2, 0) is 11.2 Å². The van der Waals surface area contributed by atoms with Crippen LogP contribution < -0.4 is 4.74 Å². The molecule has 0 spiro atoms. The Bertz CT molecular complexity index is 1060. The van der Waals surface area contributed by atoms with Gasteiger partial charge in [-0.1, -0.05) is 23.9 Å². The molecule has 154 valence electrons. The van der Waals surface area contributed by atoms with Gasteiger partial charge >= 0.3 is 5.97 Å². The van der Waals surface area contributed by atoms with Crippen LogP contribution in [0.5, 0.6) is 5.75 Å². The van der Waals surface area contributed by atoms with E-state index in [1.54, 1.807) is 24.5 Å². The summed E-state index contributed by atoms with van der Waals surface area (Å²) in [6.45, 7) is 0.655. The van der Waals surface area contributed by atoms with Gasteiger partial charge in [0.1, 0.15) is 11.6 Å². The van der Waals surface area contributed by atoms with Crippen LogP contribution in [0.25, 0.3) is 0 Å². The summed E-state index contributed by atoms with van der Waals surface area (Å²) in [5, 5.41) is 0. The van der Waals surface area contributed by atoms with E-state index in [9.17, 15) is 9.18 Å². The quantitative estimate of drug-likeness (QED) is 0.479. The molecule has 4 rings (SSSR count). The smallest absolute Gasteiger partial charge is 0.338 e. The fraction of sp³-hybridized carbons (Fsp3) is 0.250. The molecule has 0 radical (unpaired) electrons. The molecular weight excluding hydrogens is 401 g/mol. The Kier molecular flexibility index (Phi) is 6.33. The van der Waals surface area contributed by atoms with Crippen molar-refractivity contribution in [3.63, 3.8) is 0 Å². The zero-order valence-electron chi connectivity index (χ0n) is 16.6. The van der Waals surface area contributed by atoms with E-state index < -0.39 is 0 Å². The number of rotatable bonds is 6. The summed E-state index contributed by atoms with van der Waals surface area (Å²) in [7, 11) is 1.39. The number of fused-ring (bicyclic) bond motifs is 1. The Morgan fingerprint density at radius 2 is 2.10 bits per heavy atom. The number of esters is 1. The third-order valence-electron chi connectivity index (χ3n) is 5.25. The number of halogens is 1. The van der Waals surface area contributed by atoms with E-state index in [4.69, 9.17) is 9.47 Å². The summed E-state index contributed by atoms with van der Waals surface area (Å²) >= 11 is 1.51. The van der Waals surface area contributed by atoms with E-state index in [2.05, 4.69) is 17.1 Å². The van der Waals surface area contributed by atoms with E-state index in [1.165, 1.54) is 36.6 Å². The summed E-state index contributed by atoms with van der Waals surface area (Å²) in [6, 6.07) is 14.5. The molecule has 4 nitrogen and oxygen atoms in total. The van der Waals surface area contributed by atoms with Gasteiger partial charge in [0, 0.05) is 22.2 Å². The Morgan fingerprint density at radius 3 is 2.93 bits per heavy atom. The van der Waals surface area contributed by atoms with Gasteiger partial charge in [-0.05, 0) is 72.7 Å². The molecule has 0 fully saturated rings. The minimum Gasteiger partial charge on any atom is -0.493 e. The first-order valence-electron chi connectivity index (χ1n) is 9.85. The van der Waals surface area contributed by atoms with Crippen molar-refractivity contribution < 1.29 is 18.7 Å². The molecule has 6 heteroatoms. The number of carbonyl (C=O) groups excluding carboxylic acids is 1. The molecule has 30 heavy (non-hydrogen) atoms. The van der Waals surface area contributed by atoms with E-state index in [1.807, 2.05) is 12.1 Å². The van der Waals surface area contributed by atoms with Gasteiger partial charge in [0.25, 0.3) is 0 Å². The van der Waals surface area contributed by atoms with Gasteiger partial charge in [-0.2, -0.15) is 0 Å². The maximum absolute atomic E-state index is 13.4. The van der Waals surface area contributed by atoms with Gasteiger partial charge in [0.2, 0.25) is 0 Å². The van der Waals surface area contributed by atoms with Gasteiger partial charge in [-0.15, -0.1) is 0 Å². The molecule has 1 atom stereocenters. The van der Waals surface area contributed by atoms with E-state index >= 15 is 0 Å². The Balaban J connectivity index is 1.49. The number of benzene rings is 2. The summed E-state index contributed by atoms with van der Waals surface area (Å²) in [6.07, 6.45) is 5.91.